The van der Waals surface area contributed by atoms with Gasteiger partial charge >= 0.3 is 0 Å². The van der Waals surface area contributed by atoms with Crippen LogP contribution in [0.2, 0.25) is 0 Å². The lowest BCUT2D eigenvalue weighted by atomic mass is 10.1. The summed E-state index contributed by atoms with van der Waals surface area (Å²) < 4.78 is 5.49. The molecule has 0 saturated carbocycles. The number of nitrogens with one attached hydrogen (secondary N) is 1. The summed E-state index contributed by atoms with van der Waals surface area (Å²) in [6, 6.07) is 0.681. The average molecular weight is 240 g/mol. The quantitative estimate of drug-likeness (QED) is 0.544. The maximum atomic E-state index is 5.49. The van der Waals surface area contributed by atoms with Crippen molar-refractivity contribution < 1.29 is 4.74 Å². The Morgan fingerprint density at radius 1 is 1.41 bits per heavy atom. The highest BCUT2D eigenvalue weighted by Crippen LogP contribution is 2.10. The standard InChI is InChI=1S/C14H28N2O/c1-4-16-9-5-6-14(7-10-16)15-8-11-17-12-13(2)3/h14-15H,2,4-12H2,1,3H3. The first-order chi connectivity index (χ1) is 8.22. The zero-order valence-corrected chi connectivity index (χ0v) is 11.5. The number of likely N-dealkylation sites (tertiary alicyclic amines) is 1. The summed E-state index contributed by atoms with van der Waals surface area (Å²) in [7, 11) is 0. The molecule has 3 heteroatoms. The summed E-state index contributed by atoms with van der Waals surface area (Å²) in [6.07, 6.45) is 3.89. The van der Waals surface area contributed by atoms with Crippen molar-refractivity contribution in [2.75, 3.05) is 39.4 Å². The predicted molar refractivity (Wildman–Crippen MR) is 73.4 cm³/mol. The van der Waals surface area contributed by atoms with Crippen LogP contribution in [0, 0.1) is 0 Å². The molecule has 0 aromatic rings. The van der Waals surface area contributed by atoms with Gasteiger partial charge in [0.05, 0.1) is 13.2 Å². The van der Waals surface area contributed by atoms with Gasteiger partial charge in [0.15, 0.2) is 0 Å². The molecule has 0 aliphatic carbocycles. The third kappa shape index (κ3) is 6.81. The van der Waals surface area contributed by atoms with Crippen molar-refractivity contribution in [1.29, 1.82) is 0 Å². The molecule has 1 rings (SSSR count). The minimum absolute atomic E-state index is 0.681. The molecule has 100 valence electrons. The monoisotopic (exact) mass is 240 g/mol. The van der Waals surface area contributed by atoms with E-state index in [0.717, 1.165) is 18.7 Å². The van der Waals surface area contributed by atoms with Crippen molar-refractivity contribution >= 4 is 0 Å². The Hall–Kier alpha value is -0.380. The van der Waals surface area contributed by atoms with Crippen LogP contribution in [0.5, 0.6) is 0 Å². The van der Waals surface area contributed by atoms with E-state index in [2.05, 4.69) is 23.7 Å². The number of hydrogen-bond acceptors (Lipinski definition) is 3. The van der Waals surface area contributed by atoms with E-state index in [1.54, 1.807) is 0 Å². The minimum atomic E-state index is 0.681. The molecule has 1 aliphatic rings. The van der Waals surface area contributed by atoms with Crippen molar-refractivity contribution in [3.05, 3.63) is 12.2 Å². The molecule has 1 fully saturated rings. The van der Waals surface area contributed by atoms with Gasteiger partial charge in [-0.2, -0.15) is 0 Å². The lowest BCUT2D eigenvalue weighted by molar-refractivity contribution is 0.154. The second-order valence-electron chi connectivity index (χ2n) is 5.03. The third-order valence-electron chi connectivity index (χ3n) is 3.30. The fourth-order valence-corrected chi connectivity index (χ4v) is 2.26. The van der Waals surface area contributed by atoms with Crippen LogP contribution in [-0.2, 0) is 4.74 Å². The molecule has 1 heterocycles. The van der Waals surface area contributed by atoms with E-state index >= 15 is 0 Å². The zero-order valence-electron chi connectivity index (χ0n) is 11.5. The van der Waals surface area contributed by atoms with E-state index in [0.29, 0.717) is 12.6 Å². The first-order valence-electron chi connectivity index (χ1n) is 6.90. The second-order valence-corrected chi connectivity index (χ2v) is 5.03. The van der Waals surface area contributed by atoms with Gasteiger partial charge in [-0.25, -0.2) is 0 Å². The predicted octanol–water partition coefficient (Wildman–Crippen LogP) is 2.04. The fraction of sp³-hybridized carbons (Fsp3) is 0.857. The van der Waals surface area contributed by atoms with Crippen molar-refractivity contribution in [1.82, 2.24) is 10.2 Å². The molecule has 17 heavy (non-hydrogen) atoms. The molecule has 0 aromatic carbocycles. The van der Waals surface area contributed by atoms with Crippen LogP contribution in [0.15, 0.2) is 12.2 Å². The maximum absolute atomic E-state index is 5.49. The Labute approximate surface area is 106 Å². The Bertz CT molecular complexity index is 218. The molecule has 1 aliphatic heterocycles. The van der Waals surface area contributed by atoms with Gasteiger partial charge in [0.1, 0.15) is 0 Å². The lowest BCUT2D eigenvalue weighted by Gasteiger charge is -2.18. The van der Waals surface area contributed by atoms with E-state index in [4.69, 9.17) is 4.74 Å². The van der Waals surface area contributed by atoms with Gasteiger partial charge in [-0.15, -0.1) is 0 Å². The van der Waals surface area contributed by atoms with E-state index in [1.165, 1.54) is 38.9 Å². The molecule has 3 nitrogen and oxygen atoms in total. The molecule has 0 aromatic heterocycles. The number of hydrogen-bond donors (Lipinski definition) is 1. The first-order valence-corrected chi connectivity index (χ1v) is 6.90. The molecule has 1 atom stereocenters. The third-order valence-corrected chi connectivity index (χ3v) is 3.30. The van der Waals surface area contributed by atoms with Gasteiger partial charge in [0.2, 0.25) is 0 Å². The van der Waals surface area contributed by atoms with E-state index in [9.17, 15) is 0 Å². The van der Waals surface area contributed by atoms with Crippen LogP contribution in [-0.4, -0.2) is 50.3 Å². The van der Waals surface area contributed by atoms with Crippen LogP contribution >= 0.6 is 0 Å². The largest absolute Gasteiger partial charge is 0.376 e. The van der Waals surface area contributed by atoms with Crippen molar-refractivity contribution in [3.8, 4) is 0 Å². The van der Waals surface area contributed by atoms with Crippen LogP contribution in [0.25, 0.3) is 0 Å². The second kappa shape index (κ2) is 8.67. The van der Waals surface area contributed by atoms with Crippen molar-refractivity contribution in [2.45, 2.75) is 39.2 Å². The van der Waals surface area contributed by atoms with Crippen molar-refractivity contribution in [3.63, 3.8) is 0 Å². The minimum Gasteiger partial charge on any atom is -0.376 e. The van der Waals surface area contributed by atoms with E-state index in [1.807, 2.05) is 6.92 Å². The summed E-state index contributed by atoms with van der Waals surface area (Å²) in [5.74, 6) is 0. The molecule has 0 amide bonds. The highest BCUT2D eigenvalue weighted by molar-refractivity contribution is 4.87. The number of rotatable bonds is 7. The molecular formula is C14H28N2O. The highest BCUT2D eigenvalue weighted by atomic mass is 16.5. The van der Waals surface area contributed by atoms with Crippen LogP contribution in [0.3, 0.4) is 0 Å². The van der Waals surface area contributed by atoms with Gasteiger partial charge in [-0.05, 0) is 45.8 Å². The molecule has 0 radical (unpaired) electrons. The molecule has 1 N–H and O–H groups in total. The van der Waals surface area contributed by atoms with Gasteiger partial charge in [-0.1, -0.05) is 19.1 Å². The molecule has 0 bridgehead atoms. The van der Waals surface area contributed by atoms with Crippen molar-refractivity contribution in [2.24, 2.45) is 0 Å². The van der Waals surface area contributed by atoms with Crippen LogP contribution in [0.4, 0.5) is 0 Å². The average Bonchev–Trinajstić information content (AvgIpc) is 2.53. The summed E-state index contributed by atoms with van der Waals surface area (Å²) in [6.45, 7) is 14.2. The lowest BCUT2D eigenvalue weighted by Crippen LogP contribution is -2.33. The van der Waals surface area contributed by atoms with E-state index in [-0.39, 0.29) is 0 Å². The van der Waals surface area contributed by atoms with Gasteiger partial charge in [0, 0.05) is 12.6 Å². The molecule has 0 spiro atoms. The summed E-state index contributed by atoms with van der Waals surface area (Å²) in [4.78, 5) is 2.54. The zero-order chi connectivity index (χ0) is 12.5. The Morgan fingerprint density at radius 3 is 2.94 bits per heavy atom. The van der Waals surface area contributed by atoms with Gasteiger partial charge in [-0.3, -0.25) is 0 Å². The smallest absolute Gasteiger partial charge is 0.0672 e. The van der Waals surface area contributed by atoms with Crippen LogP contribution in [0.1, 0.15) is 33.1 Å². The molecule has 1 saturated heterocycles. The normalized spacial score (nSPS) is 22.4. The Morgan fingerprint density at radius 2 is 2.24 bits per heavy atom. The summed E-state index contributed by atoms with van der Waals surface area (Å²) in [5, 5.41) is 3.60. The molecule has 1 unspecified atom stereocenters. The summed E-state index contributed by atoms with van der Waals surface area (Å²) >= 11 is 0. The first kappa shape index (κ1) is 14.7. The highest BCUT2D eigenvalue weighted by Gasteiger charge is 2.14. The van der Waals surface area contributed by atoms with Gasteiger partial charge in [0.25, 0.3) is 0 Å². The molecular weight excluding hydrogens is 212 g/mol. The van der Waals surface area contributed by atoms with E-state index < -0.39 is 0 Å². The van der Waals surface area contributed by atoms with Crippen LogP contribution < -0.4 is 5.32 Å². The topological polar surface area (TPSA) is 24.5 Å². The number of nitrogens with zero attached hydrogens (tertiary/aromatic N) is 1. The fourth-order valence-electron chi connectivity index (χ4n) is 2.26. The SMILES string of the molecule is C=C(C)COCCNC1CCCN(CC)CC1. The number of ether oxygens (including phenoxy) is 1. The summed E-state index contributed by atoms with van der Waals surface area (Å²) in [5.41, 5.74) is 1.10. The van der Waals surface area contributed by atoms with Gasteiger partial charge < -0.3 is 15.0 Å². The maximum Gasteiger partial charge on any atom is 0.0672 e. The Kier molecular flexibility index (Phi) is 7.49. The Balaban J connectivity index is 2.05.